The van der Waals surface area contributed by atoms with Crippen LogP contribution in [0.5, 0.6) is 0 Å². The molecule has 66 valence electrons. The average Bonchev–Trinajstić information content (AvgIpc) is 2.56. The molecule has 0 saturated carbocycles. The number of halogens is 1. The molecule has 2 aromatic rings. The number of nitrogens with two attached hydrogens (primary N) is 1. The van der Waals surface area contributed by atoms with Crippen LogP contribution in [0.1, 0.15) is 0 Å². The number of nitrogens with zero attached hydrogens (tertiary/aromatic N) is 4. The van der Waals surface area contributed by atoms with Gasteiger partial charge in [0.15, 0.2) is 5.82 Å². The molecule has 0 aromatic carbocycles. The third-order valence-electron chi connectivity index (χ3n) is 1.45. The van der Waals surface area contributed by atoms with Crippen LogP contribution in [0.25, 0.3) is 5.82 Å². The van der Waals surface area contributed by atoms with E-state index in [4.69, 9.17) is 5.73 Å². The summed E-state index contributed by atoms with van der Waals surface area (Å²) in [4.78, 5) is 5.51. The second kappa shape index (κ2) is 3.14. The van der Waals surface area contributed by atoms with Crippen molar-refractivity contribution in [2.24, 2.45) is 0 Å². The fourth-order valence-electron chi connectivity index (χ4n) is 0.918. The normalized spacial score (nSPS) is 10.2. The summed E-state index contributed by atoms with van der Waals surface area (Å²) in [5.74, 6) is 0.624. The fraction of sp³-hybridized carbons (Fsp3) is 0. The van der Waals surface area contributed by atoms with E-state index >= 15 is 0 Å². The van der Waals surface area contributed by atoms with Gasteiger partial charge in [-0.25, -0.2) is 4.98 Å². The van der Waals surface area contributed by atoms with Gasteiger partial charge in [-0.2, -0.15) is 10.2 Å². The molecule has 0 radical (unpaired) electrons. The molecule has 0 fully saturated rings. The maximum Gasteiger partial charge on any atom is 0.188 e. The van der Waals surface area contributed by atoms with Gasteiger partial charge in [0.05, 0.1) is 28.8 Å². The van der Waals surface area contributed by atoms with E-state index in [2.05, 4.69) is 31.1 Å². The third-order valence-corrected chi connectivity index (χ3v) is 2.03. The predicted molar refractivity (Wildman–Crippen MR) is 51.3 cm³/mol. The summed E-state index contributed by atoms with van der Waals surface area (Å²) in [5, 5.41) is 7.90. The molecule has 5 nitrogen and oxygen atoms in total. The monoisotopic (exact) mass is 239 g/mol. The lowest BCUT2D eigenvalue weighted by Crippen LogP contribution is -2.03. The van der Waals surface area contributed by atoms with Gasteiger partial charge in [-0.05, 0) is 22.0 Å². The maximum atomic E-state index is 5.54. The highest BCUT2D eigenvalue weighted by atomic mass is 79.9. The summed E-state index contributed by atoms with van der Waals surface area (Å²) in [6.45, 7) is 0. The Hall–Kier alpha value is -1.43. The van der Waals surface area contributed by atoms with E-state index in [-0.39, 0.29) is 0 Å². The average molecular weight is 240 g/mol. The number of anilines is 1. The van der Waals surface area contributed by atoms with Crippen LogP contribution in [0.4, 0.5) is 5.69 Å². The third kappa shape index (κ3) is 1.52. The number of hydrogen-bond donors (Lipinski definition) is 1. The molecular weight excluding hydrogens is 234 g/mol. The van der Waals surface area contributed by atoms with Crippen molar-refractivity contribution in [1.29, 1.82) is 0 Å². The molecule has 0 saturated heterocycles. The van der Waals surface area contributed by atoms with Gasteiger partial charge in [-0.1, -0.05) is 0 Å². The van der Waals surface area contributed by atoms with Crippen LogP contribution < -0.4 is 5.73 Å². The zero-order chi connectivity index (χ0) is 9.26. The first kappa shape index (κ1) is 8.18. The first-order valence-corrected chi connectivity index (χ1v) is 4.34. The van der Waals surface area contributed by atoms with Gasteiger partial charge in [0.1, 0.15) is 0 Å². The summed E-state index contributed by atoms with van der Waals surface area (Å²) in [6.07, 6.45) is 4.73. The Kier molecular flexibility index (Phi) is 1.97. The lowest BCUT2D eigenvalue weighted by molar-refractivity contribution is 0.726. The fourth-order valence-corrected chi connectivity index (χ4v) is 1.44. The Labute approximate surface area is 82.7 Å². The van der Waals surface area contributed by atoms with Gasteiger partial charge in [-0.3, -0.25) is 0 Å². The molecule has 2 heterocycles. The van der Waals surface area contributed by atoms with Crippen molar-refractivity contribution in [2.75, 3.05) is 5.73 Å². The quantitative estimate of drug-likeness (QED) is 0.807. The summed E-state index contributed by atoms with van der Waals surface area (Å²) in [7, 11) is 0. The summed E-state index contributed by atoms with van der Waals surface area (Å²) >= 11 is 3.33. The minimum absolute atomic E-state index is 0.600. The van der Waals surface area contributed by atoms with E-state index in [9.17, 15) is 0 Å². The molecule has 6 heteroatoms. The molecular formula is C7H6BrN5. The van der Waals surface area contributed by atoms with Crippen molar-refractivity contribution in [3.8, 4) is 5.82 Å². The van der Waals surface area contributed by atoms with E-state index in [0.29, 0.717) is 11.5 Å². The van der Waals surface area contributed by atoms with Crippen LogP contribution in [-0.4, -0.2) is 20.0 Å². The van der Waals surface area contributed by atoms with Gasteiger partial charge in [-0.15, -0.1) is 4.80 Å². The van der Waals surface area contributed by atoms with Crippen LogP contribution >= 0.6 is 15.9 Å². The second-order valence-corrected chi connectivity index (χ2v) is 3.25. The lowest BCUT2D eigenvalue weighted by Gasteiger charge is -2.01. The van der Waals surface area contributed by atoms with Gasteiger partial charge in [0.2, 0.25) is 0 Å². The number of pyridine rings is 1. The zero-order valence-corrected chi connectivity index (χ0v) is 8.14. The standard InChI is InChI=1S/C7H6BrN5/c8-6-3-5(9)4-10-7(6)13-11-1-2-12-13/h1-4H,9H2. The molecule has 2 aromatic heterocycles. The van der Waals surface area contributed by atoms with Crippen LogP contribution in [0.2, 0.25) is 0 Å². The Bertz CT molecular complexity index is 411. The predicted octanol–water partition coefficient (Wildman–Crippen LogP) is 1.01. The molecule has 0 unspecified atom stereocenters. The molecule has 0 atom stereocenters. The lowest BCUT2D eigenvalue weighted by atomic mass is 10.4. The van der Waals surface area contributed by atoms with E-state index in [1.54, 1.807) is 24.7 Å². The summed E-state index contributed by atoms with van der Waals surface area (Å²) in [5.41, 5.74) is 6.14. The summed E-state index contributed by atoms with van der Waals surface area (Å²) in [6, 6.07) is 1.76. The molecule has 2 rings (SSSR count). The van der Waals surface area contributed by atoms with Crippen molar-refractivity contribution in [2.45, 2.75) is 0 Å². The van der Waals surface area contributed by atoms with Crippen molar-refractivity contribution in [3.63, 3.8) is 0 Å². The number of rotatable bonds is 1. The Morgan fingerprint density at radius 3 is 2.62 bits per heavy atom. The number of nitrogen functional groups attached to an aromatic ring is 1. The van der Waals surface area contributed by atoms with E-state index < -0.39 is 0 Å². The number of hydrogen-bond acceptors (Lipinski definition) is 4. The number of aromatic nitrogens is 4. The van der Waals surface area contributed by atoms with Crippen LogP contribution in [0.15, 0.2) is 29.1 Å². The first-order chi connectivity index (χ1) is 6.27. The minimum Gasteiger partial charge on any atom is -0.397 e. The highest BCUT2D eigenvalue weighted by molar-refractivity contribution is 9.10. The molecule has 0 aliphatic rings. The van der Waals surface area contributed by atoms with Crippen LogP contribution in [0, 0.1) is 0 Å². The first-order valence-electron chi connectivity index (χ1n) is 3.55. The van der Waals surface area contributed by atoms with Crippen molar-refractivity contribution in [1.82, 2.24) is 20.0 Å². The Morgan fingerprint density at radius 1 is 1.31 bits per heavy atom. The SMILES string of the molecule is Nc1cnc(-n2nccn2)c(Br)c1. The second-order valence-electron chi connectivity index (χ2n) is 2.39. The highest BCUT2D eigenvalue weighted by Gasteiger charge is 2.04. The molecule has 13 heavy (non-hydrogen) atoms. The Morgan fingerprint density at radius 2 is 2.00 bits per heavy atom. The molecule has 0 bridgehead atoms. The van der Waals surface area contributed by atoms with Gasteiger partial charge in [0.25, 0.3) is 0 Å². The van der Waals surface area contributed by atoms with E-state index in [0.717, 1.165) is 4.47 Å². The van der Waals surface area contributed by atoms with Crippen molar-refractivity contribution >= 4 is 21.6 Å². The van der Waals surface area contributed by atoms with E-state index in [1.165, 1.54) is 4.80 Å². The topological polar surface area (TPSA) is 69.6 Å². The minimum atomic E-state index is 0.600. The molecule has 0 amide bonds. The zero-order valence-electron chi connectivity index (χ0n) is 6.55. The molecule has 0 aliphatic heterocycles. The molecule has 2 N–H and O–H groups in total. The van der Waals surface area contributed by atoms with Crippen LogP contribution in [0.3, 0.4) is 0 Å². The molecule has 0 spiro atoms. The molecule has 0 aliphatic carbocycles. The maximum absolute atomic E-state index is 5.54. The summed E-state index contributed by atoms with van der Waals surface area (Å²) < 4.78 is 0.767. The highest BCUT2D eigenvalue weighted by Crippen LogP contribution is 2.19. The smallest absolute Gasteiger partial charge is 0.188 e. The van der Waals surface area contributed by atoms with Gasteiger partial charge in [0, 0.05) is 0 Å². The van der Waals surface area contributed by atoms with Crippen molar-refractivity contribution in [3.05, 3.63) is 29.1 Å². The largest absolute Gasteiger partial charge is 0.397 e. The van der Waals surface area contributed by atoms with Gasteiger partial charge >= 0.3 is 0 Å². The van der Waals surface area contributed by atoms with E-state index in [1.807, 2.05) is 0 Å². The van der Waals surface area contributed by atoms with Crippen molar-refractivity contribution < 1.29 is 0 Å². The van der Waals surface area contributed by atoms with Crippen LogP contribution in [-0.2, 0) is 0 Å². The van der Waals surface area contributed by atoms with Gasteiger partial charge < -0.3 is 5.73 Å². The Balaban J connectivity index is 2.53.